The Labute approximate surface area is 115 Å². The smallest absolute Gasteiger partial charge is 0.254 e. The van der Waals surface area contributed by atoms with Gasteiger partial charge in [-0.15, -0.1) is 0 Å². The van der Waals surface area contributed by atoms with E-state index in [2.05, 4.69) is 15.9 Å². The maximum absolute atomic E-state index is 12.3. The van der Waals surface area contributed by atoms with Gasteiger partial charge in [0.1, 0.15) is 0 Å². The summed E-state index contributed by atoms with van der Waals surface area (Å²) in [6, 6.07) is 5.32. The van der Waals surface area contributed by atoms with Crippen LogP contribution >= 0.6 is 15.9 Å². The Morgan fingerprint density at radius 3 is 3.06 bits per heavy atom. The van der Waals surface area contributed by atoms with Gasteiger partial charge in [0.2, 0.25) is 0 Å². The molecule has 1 unspecified atom stereocenters. The number of carbonyl (C=O) groups is 1. The minimum Gasteiger partial charge on any atom is -0.398 e. The van der Waals surface area contributed by atoms with Gasteiger partial charge < -0.3 is 15.4 Å². The first-order chi connectivity index (χ1) is 8.59. The number of benzene rings is 1. The van der Waals surface area contributed by atoms with Crippen molar-refractivity contribution in [3.63, 3.8) is 0 Å². The largest absolute Gasteiger partial charge is 0.398 e. The quantitative estimate of drug-likeness (QED) is 0.871. The molecular formula is C13H17BrN2O2. The molecule has 0 aromatic heterocycles. The SMILES string of the molecule is CN(CC1CCCO1)C(=O)c1cccc(N)c1Br. The fraction of sp³-hybridized carbons (Fsp3) is 0.462. The summed E-state index contributed by atoms with van der Waals surface area (Å²) in [4.78, 5) is 14.0. The number of anilines is 1. The third kappa shape index (κ3) is 2.84. The van der Waals surface area contributed by atoms with Crippen LogP contribution in [0, 0.1) is 0 Å². The van der Waals surface area contributed by atoms with E-state index in [0.29, 0.717) is 22.3 Å². The van der Waals surface area contributed by atoms with Gasteiger partial charge in [-0.05, 0) is 40.9 Å². The fourth-order valence-corrected chi connectivity index (χ4v) is 2.53. The molecule has 18 heavy (non-hydrogen) atoms. The summed E-state index contributed by atoms with van der Waals surface area (Å²) in [5.74, 6) is -0.0373. The Hall–Kier alpha value is -1.07. The van der Waals surface area contributed by atoms with Crippen molar-refractivity contribution in [1.82, 2.24) is 4.90 Å². The summed E-state index contributed by atoms with van der Waals surface area (Å²) in [7, 11) is 1.79. The monoisotopic (exact) mass is 312 g/mol. The van der Waals surface area contributed by atoms with Crippen LogP contribution in [-0.4, -0.2) is 37.1 Å². The third-order valence-corrected chi connectivity index (χ3v) is 3.99. The van der Waals surface area contributed by atoms with Crippen molar-refractivity contribution < 1.29 is 9.53 Å². The lowest BCUT2D eigenvalue weighted by Gasteiger charge is -2.21. The van der Waals surface area contributed by atoms with Crippen LogP contribution in [0.1, 0.15) is 23.2 Å². The molecular weight excluding hydrogens is 296 g/mol. The number of amides is 1. The first-order valence-corrected chi connectivity index (χ1v) is 6.80. The maximum atomic E-state index is 12.3. The van der Waals surface area contributed by atoms with Crippen LogP contribution in [0.2, 0.25) is 0 Å². The van der Waals surface area contributed by atoms with Crippen LogP contribution in [0.3, 0.4) is 0 Å². The Morgan fingerprint density at radius 2 is 2.39 bits per heavy atom. The van der Waals surface area contributed by atoms with Gasteiger partial charge in [-0.3, -0.25) is 4.79 Å². The van der Waals surface area contributed by atoms with E-state index in [1.54, 1.807) is 30.1 Å². The molecule has 5 heteroatoms. The molecule has 1 saturated heterocycles. The zero-order valence-electron chi connectivity index (χ0n) is 10.4. The zero-order valence-corrected chi connectivity index (χ0v) is 11.9. The zero-order chi connectivity index (χ0) is 13.1. The van der Waals surface area contributed by atoms with Crippen LogP contribution < -0.4 is 5.73 Å². The molecule has 98 valence electrons. The van der Waals surface area contributed by atoms with E-state index in [1.165, 1.54) is 0 Å². The van der Waals surface area contributed by atoms with Crippen LogP contribution in [0.4, 0.5) is 5.69 Å². The molecule has 0 aliphatic carbocycles. The van der Waals surface area contributed by atoms with E-state index in [1.807, 2.05) is 0 Å². The van der Waals surface area contributed by atoms with Crippen molar-refractivity contribution in [2.24, 2.45) is 0 Å². The van der Waals surface area contributed by atoms with Gasteiger partial charge in [-0.2, -0.15) is 0 Å². The predicted octanol–water partition coefficient (Wildman–Crippen LogP) is 2.28. The normalized spacial score (nSPS) is 18.9. The second-order valence-electron chi connectivity index (χ2n) is 4.53. The second-order valence-corrected chi connectivity index (χ2v) is 5.32. The number of likely N-dealkylation sites (N-methyl/N-ethyl adjacent to an activating group) is 1. The van der Waals surface area contributed by atoms with E-state index >= 15 is 0 Å². The van der Waals surface area contributed by atoms with E-state index in [4.69, 9.17) is 10.5 Å². The highest BCUT2D eigenvalue weighted by atomic mass is 79.9. The van der Waals surface area contributed by atoms with Gasteiger partial charge in [0, 0.05) is 25.9 Å². The van der Waals surface area contributed by atoms with Gasteiger partial charge in [-0.1, -0.05) is 6.07 Å². The molecule has 1 aromatic rings. The summed E-state index contributed by atoms with van der Waals surface area (Å²) < 4.78 is 6.19. The van der Waals surface area contributed by atoms with Crippen molar-refractivity contribution in [3.05, 3.63) is 28.2 Å². The molecule has 1 aliphatic rings. The number of ether oxygens (including phenoxy) is 1. The lowest BCUT2D eigenvalue weighted by atomic mass is 10.1. The molecule has 1 aliphatic heterocycles. The number of rotatable bonds is 3. The van der Waals surface area contributed by atoms with Crippen LogP contribution in [0.15, 0.2) is 22.7 Å². The average molecular weight is 313 g/mol. The first-order valence-electron chi connectivity index (χ1n) is 6.00. The number of halogens is 1. The summed E-state index contributed by atoms with van der Waals surface area (Å²) in [6.07, 6.45) is 2.27. The minimum absolute atomic E-state index is 0.0373. The molecule has 2 N–H and O–H groups in total. The fourth-order valence-electron chi connectivity index (χ4n) is 2.10. The number of hydrogen-bond acceptors (Lipinski definition) is 3. The highest BCUT2D eigenvalue weighted by molar-refractivity contribution is 9.10. The van der Waals surface area contributed by atoms with Gasteiger partial charge in [0.05, 0.1) is 16.1 Å². The van der Waals surface area contributed by atoms with Crippen molar-refractivity contribution in [3.8, 4) is 0 Å². The standard InChI is InChI=1S/C13H17BrN2O2/c1-16(8-9-4-3-7-18-9)13(17)10-5-2-6-11(15)12(10)14/h2,5-6,9H,3-4,7-8,15H2,1H3. The molecule has 1 heterocycles. The second kappa shape index (κ2) is 5.71. The Bertz CT molecular complexity index is 445. The summed E-state index contributed by atoms with van der Waals surface area (Å²) >= 11 is 3.36. The Morgan fingerprint density at radius 1 is 1.61 bits per heavy atom. The van der Waals surface area contributed by atoms with Crippen molar-refractivity contribution in [2.75, 3.05) is 25.9 Å². The molecule has 1 atom stereocenters. The molecule has 0 saturated carbocycles. The molecule has 1 fully saturated rings. The molecule has 0 radical (unpaired) electrons. The molecule has 0 bridgehead atoms. The average Bonchev–Trinajstić information content (AvgIpc) is 2.84. The predicted molar refractivity (Wildman–Crippen MR) is 74.5 cm³/mol. The number of nitrogens with two attached hydrogens (primary N) is 1. The number of hydrogen-bond donors (Lipinski definition) is 1. The summed E-state index contributed by atoms with van der Waals surface area (Å²) in [6.45, 7) is 1.43. The van der Waals surface area contributed by atoms with Crippen LogP contribution in [0.25, 0.3) is 0 Å². The highest BCUT2D eigenvalue weighted by Crippen LogP contribution is 2.25. The number of nitrogen functional groups attached to an aromatic ring is 1. The number of nitrogens with zero attached hydrogens (tertiary/aromatic N) is 1. The maximum Gasteiger partial charge on any atom is 0.254 e. The Kier molecular flexibility index (Phi) is 4.24. The van der Waals surface area contributed by atoms with Gasteiger partial charge in [0.25, 0.3) is 5.91 Å². The number of carbonyl (C=O) groups excluding carboxylic acids is 1. The Balaban J connectivity index is 2.07. The molecule has 1 amide bonds. The van der Waals surface area contributed by atoms with Crippen LogP contribution in [0.5, 0.6) is 0 Å². The van der Waals surface area contributed by atoms with Crippen LogP contribution in [-0.2, 0) is 4.74 Å². The van der Waals surface area contributed by atoms with Crippen molar-refractivity contribution >= 4 is 27.5 Å². The van der Waals surface area contributed by atoms with Gasteiger partial charge >= 0.3 is 0 Å². The first kappa shape index (κ1) is 13.4. The highest BCUT2D eigenvalue weighted by Gasteiger charge is 2.22. The lowest BCUT2D eigenvalue weighted by molar-refractivity contribution is 0.0586. The molecule has 0 spiro atoms. The van der Waals surface area contributed by atoms with Gasteiger partial charge in [-0.25, -0.2) is 0 Å². The molecule has 4 nitrogen and oxygen atoms in total. The molecule has 1 aromatic carbocycles. The summed E-state index contributed by atoms with van der Waals surface area (Å²) in [5.41, 5.74) is 6.95. The van der Waals surface area contributed by atoms with E-state index in [9.17, 15) is 4.79 Å². The molecule has 2 rings (SSSR count). The summed E-state index contributed by atoms with van der Waals surface area (Å²) in [5, 5.41) is 0. The van der Waals surface area contributed by atoms with Crippen molar-refractivity contribution in [2.45, 2.75) is 18.9 Å². The van der Waals surface area contributed by atoms with Gasteiger partial charge in [0.15, 0.2) is 0 Å². The minimum atomic E-state index is -0.0373. The lowest BCUT2D eigenvalue weighted by Crippen LogP contribution is -2.34. The van der Waals surface area contributed by atoms with E-state index < -0.39 is 0 Å². The van der Waals surface area contributed by atoms with E-state index in [-0.39, 0.29) is 12.0 Å². The topological polar surface area (TPSA) is 55.6 Å². The third-order valence-electron chi connectivity index (χ3n) is 3.11. The van der Waals surface area contributed by atoms with E-state index in [0.717, 1.165) is 19.4 Å². The van der Waals surface area contributed by atoms with Crippen molar-refractivity contribution in [1.29, 1.82) is 0 Å².